The number of benzene rings is 3. The molecule has 152 valence electrons. The summed E-state index contributed by atoms with van der Waals surface area (Å²) in [5, 5.41) is 3.76. The fourth-order valence-corrected chi connectivity index (χ4v) is 5.05. The first-order valence-corrected chi connectivity index (χ1v) is 11.4. The minimum absolute atomic E-state index is 0.0640. The van der Waals surface area contributed by atoms with Crippen LogP contribution in [0.1, 0.15) is 21.5 Å². The number of anilines is 2. The number of sulfonamides is 1. The van der Waals surface area contributed by atoms with Gasteiger partial charge in [-0.05, 0) is 79.0 Å². The fourth-order valence-electron chi connectivity index (χ4n) is 3.10. The number of fused-ring (bicyclic) bond motifs is 1. The first-order chi connectivity index (χ1) is 14.3. The number of aryl methyl sites for hydroxylation is 2. The van der Waals surface area contributed by atoms with Crippen molar-refractivity contribution in [3.63, 3.8) is 0 Å². The smallest absolute Gasteiger partial charge is 0.262 e. The van der Waals surface area contributed by atoms with Gasteiger partial charge in [-0.2, -0.15) is 4.37 Å². The van der Waals surface area contributed by atoms with Crippen molar-refractivity contribution in [3.8, 4) is 0 Å². The molecule has 0 spiro atoms. The third-order valence-electron chi connectivity index (χ3n) is 4.62. The Morgan fingerprint density at radius 3 is 2.60 bits per heavy atom. The van der Waals surface area contributed by atoms with Crippen LogP contribution in [0.5, 0.6) is 0 Å². The van der Waals surface area contributed by atoms with Crippen molar-refractivity contribution in [1.29, 1.82) is 0 Å². The van der Waals surface area contributed by atoms with Gasteiger partial charge in [0.25, 0.3) is 15.9 Å². The molecule has 0 aliphatic rings. The summed E-state index contributed by atoms with van der Waals surface area (Å²) in [6.45, 7) is 3.58. The quantitative estimate of drug-likeness (QED) is 0.462. The Morgan fingerprint density at radius 1 is 0.967 bits per heavy atom. The monoisotopic (exact) mass is 437 g/mol. The summed E-state index contributed by atoms with van der Waals surface area (Å²) in [7, 11) is -3.85. The molecule has 2 N–H and O–H groups in total. The molecule has 0 fully saturated rings. The number of rotatable bonds is 5. The molecule has 0 saturated carbocycles. The van der Waals surface area contributed by atoms with E-state index in [0.29, 0.717) is 16.9 Å². The van der Waals surface area contributed by atoms with Crippen LogP contribution in [-0.2, 0) is 10.0 Å². The minimum atomic E-state index is -3.85. The van der Waals surface area contributed by atoms with Gasteiger partial charge in [0.05, 0.1) is 9.60 Å². The zero-order valence-electron chi connectivity index (χ0n) is 16.3. The Labute approximate surface area is 178 Å². The lowest BCUT2D eigenvalue weighted by Gasteiger charge is -2.13. The summed E-state index contributed by atoms with van der Waals surface area (Å²) in [4.78, 5) is 12.8. The summed E-state index contributed by atoms with van der Waals surface area (Å²) >= 11 is 1.38. The molecule has 0 atom stereocenters. The molecule has 4 rings (SSSR count). The van der Waals surface area contributed by atoms with Gasteiger partial charge in [-0.1, -0.05) is 18.2 Å². The van der Waals surface area contributed by atoms with E-state index in [0.717, 1.165) is 15.6 Å². The van der Waals surface area contributed by atoms with E-state index in [1.807, 2.05) is 25.1 Å². The van der Waals surface area contributed by atoms with Crippen molar-refractivity contribution < 1.29 is 13.2 Å². The Morgan fingerprint density at radius 2 is 1.80 bits per heavy atom. The van der Waals surface area contributed by atoms with Gasteiger partial charge in [0, 0.05) is 28.5 Å². The molecule has 8 heteroatoms. The highest BCUT2D eigenvalue weighted by molar-refractivity contribution is 7.92. The SMILES string of the molecule is Cc1cccc(NS(=O)(=O)c2cc(C(=O)Nc3ccc4sncc4c3)ccc2C)c1. The molecule has 0 bridgehead atoms. The normalized spacial score (nSPS) is 11.4. The van der Waals surface area contributed by atoms with Crippen molar-refractivity contribution >= 4 is 48.9 Å². The van der Waals surface area contributed by atoms with Crippen molar-refractivity contribution in [2.24, 2.45) is 0 Å². The zero-order valence-corrected chi connectivity index (χ0v) is 18.0. The minimum Gasteiger partial charge on any atom is -0.322 e. The lowest BCUT2D eigenvalue weighted by Crippen LogP contribution is -2.17. The molecule has 0 aliphatic carbocycles. The van der Waals surface area contributed by atoms with Gasteiger partial charge in [-0.15, -0.1) is 0 Å². The third kappa shape index (κ3) is 4.19. The van der Waals surface area contributed by atoms with Crippen LogP contribution in [0.4, 0.5) is 11.4 Å². The van der Waals surface area contributed by atoms with E-state index in [2.05, 4.69) is 14.4 Å². The van der Waals surface area contributed by atoms with Crippen LogP contribution < -0.4 is 10.0 Å². The second-order valence-corrected chi connectivity index (χ2v) is 9.47. The molecule has 4 aromatic rings. The maximum absolute atomic E-state index is 12.9. The molecular weight excluding hydrogens is 418 g/mol. The number of aromatic nitrogens is 1. The zero-order chi connectivity index (χ0) is 21.3. The number of hydrogen-bond acceptors (Lipinski definition) is 5. The van der Waals surface area contributed by atoms with Crippen LogP contribution in [0.25, 0.3) is 10.1 Å². The average molecular weight is 438 g/mol. The Bertz CT molecular complexity index is 1360. The van der Waals surface area contributed by atoms with Crippen LogP contribution in [0, 0.1) is 13.8 Å². The van der Waals surface area contributed by atoms with Crippen LogP contribution in [0.3, 0.4) is 0 Å². The molecule has 0 unspecified atom stereocenters. The van der Waals surface area contributed by atoms with Crippen LogP contribution >= 0.6 is 11.5 Å². The molecule has 0 aliphatic heterocycles. The molecule has 0 radical (unpaired) electrons. The van der Waals surface area contributed by atoms with E-state index in [1.165, 1.54) is 17.6 Å². The predicted molar refractivity (Wildman–Crippen MR) is 121 cm³/mol. The van der Waals surface area contributed by atoms with E-state index in [1.54, 1.807) is 49.5 Å². The lowest BCUT2D eigenvalue weighted by molar-refractivity contribution is 0.102. The van der Waals surface area contributed by atoms with Crippen molar-refractivity contribution in [1.82, 2.24) is 4.37 Å². The number of amides is 1. The van der Waals surface area contributed by atoms with Crippen molar-refractivity contribution in [2.45, 2.75) is 18.7 Å². The van der Waals surface area contributed by atoms with Crippen LogP contribution in [0.2, 0.25) is 0 Å². The Balaban J connectivity index is 1.60. The van der Waals surface area contributed by atoms with E-state index >= 15 is 0 Å². The Hall–Kier alpha value is -3.23. The second-order valence-electron chi connectivity index (χ2n) is 6.99. The summed E-state index contributed by atoms with van der Waals surface area (Å²) < 4.78 is 33.6. The van der Waals surface area contributed by atoms with Gasteiger partial charge < -0.3 is 5.32 Å². The van der Waals surface area contributed by atoms with Gasteiger partial charge in [-0.3, -0.25) is 9.52 Å². The summed E-state index contributed by atoms with van der Waals surface area (Å²) in [5.41, 5.74) is 2.85. The maximum Gasteiger partial charge on any atom is 0.262 e. The predicted octanol–water partition coefficient (Wildman–Crippen LogP) is 4.97. The third-order valence-corrected chi connectivity index (χ3v) is 6.92. The topological polar surface area (TPSA) is 88.2 Å². The highest BCUT2D eigenvalue weighted by Gasteiger charge is 2.19. The molecular formula is C22H19N3O3S2. The molecule has 1 aromatic heterocycles. The number of nitrogens with zero attached hydrogens (tertiary/aromatic N) is 1. The summed E-state index contributed by atoms with van der Waals surface area (Å²) in [6.07, 6.45) is 1.74. The largest absolute Gasteiger partial charge is 0.322 e. The summed E-state index contributed by atoms with van der Waals surface area (Å²) in [5.74, 6) is -0.385. The van der Waals surface area contributed by atoms with E-state index in [-0.39, 0.29) is 16.4 Å². The standard InChI is InChI=1S/C22H19N3O3S2/c1-14-4-3-5-19(10-14)25-30(27,28)21-12-16(7-6-15(21)2)22(26)24-18-8-9-20-17(11-18)13-23-29-20/h3-13,25H,1-2H3,(H,24,26). The van der Waals surface area contributed by atoms with Crippen LogP contribution in [0.15, 0.2) is 71.8 Å². The summed E-state index contributed by atoms with van der Waals surface area (Å²) in [6, 6.07) is 17.3. The molecule has 1 amide bonds. The van der Waals surface area contributed by atoms with Crippen molar-refractivity contribution in [3.05, 3.63) is 83.6 Å². The highest BCUT2D eigenvalue weighted by Crippen LogP contribution is 2.24. The van der Waals surface area contributed by atoms with E-state index < -0.39 is 10.0 Å². The van der Waals surface area contributed by atoms with Gasteiger partial charge >= 0.3 is 0 Å². The number of carbonyl (C=O) groups excluding carboxylic acids is 1. The molecule has 1 heterocycles. The molecule has 0 saturated heterocycles. The van der Waals surface area contributed by atoms with Gasteiger partial charge in [0.1, 0.15) is 0 Å². The van der Waals surface area contributed by atoms with Gasteiger partial charge in [0.2, 0.25) is 0 Å². The lowest BCUT2D eigenvalue weighted by atomic mass is 10.1. The molecule has 6 nitrogen and oxygen atoms in total. The second kappa shape index (κ2) is 7.89. The number of hydrogen-bond donors (Lipinski definition) is 2. The Kier molecular flexibility index (Phi) is 5.27. The van der Waals surface area contributed by atoms with Crippen LogP contribution in [-0.4, -0.2) is 18.7 Å². The van der Waals surface area contributed by atoms with Crippen molar-refractivity contribution in [2.75, 3.05) is 10.0 Å². The first-order valence-electron chi connectivity index (χ1n) is 9.18. The highest BCUT2D eigenvalue weighted by atomic mass is 32.2. The maximum atomic E-state index is 12.9. The average Bonchev–Trinajstić information content (AvgIpc) is 3.15. The van der Waals surface area contributed by atoms with E-state index in [9.17, 15) is 13.2 Å². The van der Waals surface area contributed by atoms with Gasteiger partial charge in [0.15, 0.2) is 0 Å². The molecule has 30 heavy (non-hydrogen) atoms. The van der Waals surface area contributed by atoms with E-state index in [4.69, 9.17) is 0 Å². The van der Waals surface area contributed by atoms with Gasteiger partial charge in [-0.25, -0.2) is 8.42 Å². The fraction of sp³-hybridized carbons (Fsp3) is 0.0909. The molecule has 3 aromatic carbocycles. The number of nitrogens with one attached hydrogen (secondary N) is 2. The first kappa shape index (κ1) is 20.1. The number of carbonyl (C=O) groups is 1.